The maximum Gasteiger partial charge on any atom is 0.346 e. The number of hydrogen-bond acceptors (Lipinski definition) is 6. The second kappa shape index (κ2) is 7.68. The molecule has 0 saturated carbocycles. The summed E-state index contributed by atoms with van der Waals surface area (Å²) in [5, 5.41) is 19.9. The zero-order valence-electron chi connectivity index (χ0n) is 17.3. The number of carboxylic acids is 1. The average Bonchev–Trinajstić information content (AvgIpc) is 3.16. The number of benzene rings is 2. The number of phenols is 1. The van der Waals surface area contributed by atoms with E-state index in [0.717, 1.165) is 16.9 Å². The summed E-state index contributed by atoms with van der Waals surface area (Å²) < 4.78 is 1.28. The number of carbonyl (C=O) groups is 2. The van der Waals surface area contributed by atoms with Crippen molar-refractivity contribution in [2.24, 2.45) is 0 Å². The first-order chi connectivity index (χ1) is 15.9. The number of nitrogens with zero attached hydrogens (tertiary/aromatic N) is 2. The zero-order valence-corrected chi connectivity index (χ0v) is 18.1. The molecule has 3 heterocycles. The van der Waals surface area contributed by atoms with Crippen molar-refractivity contribution in [2.45, 2.75) is 6.92 Å². The van der Waals surface area contributed by atoms with Crippen molar-refractivity contribution < 1.29 is 19.8 Å². The van der Waals surface area contributed by atoms with Crippen LogP contribution in [0, 0.1) is 6.92 Å². The minimum atomic E-state index is -1.12. The molecule has 0 radical (unpaired) electrons. The number of aromatic nitrogens is 2. The van der Waals surface area contributed by atoms with Crippen LogP contribution in [-0.2, 0) is 0 Å². The molecule has 0 saturated heterocycles. The predicted octanol–water partition coefficient (Wildman–Crippen LogP) is 4.52. The van der Waals surface area contributed by atoms with E-state index >= 15 is 0 Å². The van der Waals surface area contributed by atoms with Crippen LogP contribution in [0.2, 0.25) is 0 Å². The number of carbonyl (C=O) groups excluding carboxylic acids is 1. The van der Waals surface area contributed by atoms with E-state index in [9.17, 15) is 24.6 Å². The normalized spacial score (nSPS) is 11.2. The summed E-state index contributed by atoms with van der Waals surface area (Å²) in [6, 6.07) is 17.0. The highest BCUT2D eigenvalue weighted by Gasteiger charge is 2.22. The van der Waals surface area contributed by atoms with E-state index in [4.69, 9.17) is 0 Å². The van der Waals surface area contributed by atoms with Gasteiger partial charge in [-0.25, -0.2) is 9.78 Å². The Morgan fingerprint density at radius 2 is 1.73 bits per heavy atom. The fourth-order valence-corrected chi connectivity index (χ4v) is 4.89. The van der Waals surface area contributed by atoms with Crippen LogP contribution in [-0.4, -0.2) is 31.4 Å². The molecule has 0 atom stereocenters. The minimum Gasteiger partial charge on any atom is -0.507 e. The summed E-state index contributed by atoms with van der Waals surface area (Å²) >= 11 is 0.950. The molecule has 33 heavy (non-hydrogen) atoms. The predicted molar refractivity (Wildman–Crippen MR) is 126 cm³/mol. The number of aromatic carboxylic acids is 1. The van der Waals surface area contributed by atoms with Gasteiger partial charge in [0, 0.05) is 17.3 Å². The summed E-state index contributed by atoms with van der Waals surface area (Å²) in [6.45, 7) is 1.58. The van der Waals surface area contributed by atoms with Gasteiger partial charge in [0.1, 0.15) is 21.1 Å². The summed E-state index contributed by atoms with van der Waals surface area (Å²) in [7, 11) is 0. The summed E-state index contributed by atoms with van der Waals surface area (Å²) in [5.74, 6) is -1.74. The summed E-state index contributed by atoms with van der Waals surface area (Å²) in [5.41, 5.74) is 1.77. The standard InChI is InChI=1S/C25H16N2O5S/c1-13-19-23(33-21(13)25(31)32)26-22-17(14-7-3-2-4-8-14)11-15(12-27(22)24(19)30)20(29)16-9-5-6-10-18(16)28/h2-12,28H,1H3,(H,31,32). The van der Waals surface area contributed by atoms with Gasteiger partial charge in [-0.15, -0.1) is 11.3 Å². The van der Waals surface area contributed by atoms with E-state index in [-0.39, 0.29) is 27.1 Å². The van der Waals surface area contributed by atoms with Gasteiger partial charge in [0.2, 0.25) is 0 Å². The lowest BCUT2D eigenvalue weighted by molar-refractivity contribution is 0.0701. The van der Waals surface area contributed by atoms with Crippen LogP contribution in [0.25, 0.3) is 27.0 Å². The Morgan fingerprint density at radius 1 is 1.03 bits per heavy atom. The van der Waals surface area contributed by atoms with Crippen LogP contribution < -0.4 is 5.56 Å². The number of rotatable bonds is 4. The molecule has 0 spiro atoms. The smallest absolute Gasteiger partial charge is 0.346 e. The lowest BCUT2D eigenvalue weighted by atomic mass is 9.99. The number of carboxylic acid groups (broad SMARTS) is 1. The van der Waals surface area contributed by atoms with E-state index < -0.39 is 17.3 Å². The number of ketones is 1. The molecule has 0 bridgehead atoms. The second-order valence-corrected chi connectivity index (χ2v) is 8.51. The Labute approximate surface area is 190 Å². The number of para-hydroxylation sites is 1. The van der Waals surface area contributed by atoms with Crippen LogP contribution >= 0.6 is 11.3 Å². The van der Waals surface area contributed by atoms with Crippen molar-refractivity contribution in [3.63, 3.8) is 0 Å². The second-order valence-electron chi connectivity index (χ2n) is 7.51. The van der Waals surface area contributed by atoms with Crippen molar-refractivity contribution >= 4 is 39.0 Å². The Kier molecular flexibility index (Phi) is 4.79. The molecule has 0 amide bonds. The third-order valence-electron chi connectivity index (χ3n) is 5.50. The van der Waals surface area contributed by atoms with Gasteiger partial charge in [0.25, 0.3) is 5.56 Å². The monoisotopic (exact) mass is 456 g/mol. The largest absolute Gasteiger partial charge is 0.507 e. The fourth-order valence-electron chi connectivity index (χ4n) is 3.88. The van der Waals surface area contributed by atoms with Gasteiger partial charge >= 0.3 is 5.97 Å². The van der Waals surface area contributed by atoms with Crippen LogP contribution in [0.15, 0.2) is 71.7 Å². The number of hydrogen-bond donors (Lipinski definition) is 2. The Bertz CT molecular complexity index is 1650. The first-order valence-electron chi connectivity index (χ1n) is 9.97. The SMILES string of the molecule is Cc1c(C(=O)O)sc2nc3c(-c4ccccc4)cc(C(=O)c4ccccc4O)cn3c(=O)c12. The van der Waals surface area contributed by atoms with E-state index in [1.165, 1.54) is 22.7 Å². The lowest BCUT2D eigenvalue weighted by Crippen LogP contribution is -2.18. The highest BCUT2D eigenvalue weighted by atomic mass is 32.1. The van der Waals surface area contributed by atoms with Crippen molar-refractivity contribution in [1.82, 2.24) is 9.38 Å². The molecular weight excluding hydrogens is 440 g/mol. The highest BCUT2D eigenvalue weighted by molar-refractivity contribution is 7.20. The topological polar surface area (TPSA) is 109 Å². The fraction of sp³-hybridized carbons (Fsp3) is 0.0400. The number of fused-ring (bicyclic) bond motifs is 2. The van der Waals surface area contributed by atoms with E-state index in [0.29, 0.717) is 21.6 Å². The number of phenolic OH excluding ortho intramolecular Hbond substituents is 1. The maximum atomic E-state index is 13.5. The van der Waals surface area contributed by atoms with Crippen LogP contribution in [0.5, 0.6) is 5.75 Å². The third-order valence-corrected chi connectivity index (χ3v) is 6.67. The van der Waals surface area contributed by atoms with E-state index in [2.05, 4.69) is 4.98 Å². The van der Waals surface area contributed by atoms with E-state index in [1.54, 1.807) is 25.1 Å². The first kappa shape index (κ1) is 20.6. The molecule has 2 N–H and O–H groups in total. The molecule has 0 fully saturated rings. The molecule has 0 unspecified atom stereocenters. The van der Waals surface area contributed by atoms with Crippen molar-refractivity contribution in [1.29, 1.82) is 0 Å². The molecule has 0 aliphatic rings. The van der Waals surface area contributed by atoms with Gasteiger partial charge in [0.05, 0.1) is 10.9 Å². The maximum absolute atomic E-state index is 13.5. The van der Waals surface area contributed by atoms with Crippen LogP contribution in [0.1, 0.15) is 31.2 Å². The zero-order chi connectivity index (χ0) is 23.3. The van der Waals surface area contributed by atoms with Gasteiger partial charge in [-0.3, -0.25) is 14.0 Å². The number of aryl methyl sites for hydroxylation is 1. The molecule has 162 valence electrons. The van der Waals surface area contributed by atoms with Gasteiger partial charge in [-0.05, 0) is 36.2 Å². The Morgan fingerprint density at radius 3 is 2.42 bits per heavy atom. The molecule has 7 nitrogen and oxygen atoms in total. The average molecular weight is 456 g/mol. The van der Waals surface area contributed by atoms with Gasteiger partial charge in [0.15, 0.2) is 5.78 Å². The molecule has 0 aliphatic carbocycles. The molecule has 3 aromatic heterocycles. The van der Waals surface area contributed by atoms with Gasteiger partial charge in [-0.2, -0.15) is 0 Å². The molecule has 5 aromatic rings. The molecule has 0 aliphatic heterocycles. The lowest BCUT2D eigenvalue weighted by Gasteiger charge is -2.12. The number of thiophene rings is 1. The Hall–Kier alpha value is -4.30. The quantitative estimate of drug-likeness (QED) is 0.385. The summed E-state index contributed by atoms with van der Waals surface area (Å²) in [4.78, 5) is 43.4. The van der Waals surface area contributed by atoms with Gasteiger partial charge < -0.3 is 10.2 Å². The molecular formula is C25H16N2O5S. The van der Waals surface area contributed by atoms with Crippen LogP contribution in [0.3, 0.4) is 0 Å². The Balaban J connectivity index is 1.88. The first-order valence-corrected chi connectivity index (χ1v) is 10.8. The third kappa shape index (κ3) is 3.28. The van der Waals surface area contributed by atoms with Crippen molar-refractivity contribution in [3.8, 4) is 16.9 Å². The minimum absolute atomic E-state index is 0.0530. The summed E-state index contributed by atoms with van der Waals surface area (Å²) in [6.07, 6.45) is 1.39. The highest BCUT2D eigenvalue weighted by Crippen LogP contribution is 2.31. The number of pyridine rings is 1. The van der Waals surface area contributed by atoms with E-state index in [1.807, 2.05) is 30.3 Å². The van der Waals surface area contributed by atoms with Crippen molar-refractivity contribution in [3.05, 3.63) is 98.8 Å². The molecule has 8 heteroatoms. The van der Waals surface area contributed by atoms with Crippen molar-refractivity contribution in [2.75, 3.05) is 0 Å². The molecule has 2 aromatic carbocycles. The number of aromatic hydroxyl groups is 1. The van der Waals surface area contributed by atoms with Crippen LogP contribution in [0.4, 0.5) is 0 Å². The van der Waals surface area contributed by atoms with Gasteiger partial charge in [-0.1, -0.05) is 42.5 Å². The molecule has 5 rings (SSSR count).